The van der Waals surface area contributed by atoms with Crippen LogP contribution in [0.2, 0.25) is 0 Å². The van der Waals surface area contributed by atoms with E-state index >= 15 is 0 Å². The molecule has 58 valence electrons. The van der Waals surface area contributed by atoms with E-state index in [-0.39, 0.29) is 0 Å². The molecule has 0 unspecified atom stereocenters. The van der Waals surface area contributed by atoms with Crippen LogP contribution in [-0.2, 0) is 10.1 Å². The van der Waals surface area contributed by atoms with Gasteiger partial charge in [-0.25, -0.2) is 0 Å². The molecule has 10 heavy (non-hydrogen) atoms. The van der Waals surface area contributed by atoms with Gasteiger partial charge in [0, 0.05) is 0 Å². The molecule has 1 N–H and O–H groups in total. The maximum atomic E-state index is 10.6. The molecular weight excluding hydrogens is 152 g/mol. The third kappa shape index (κ3) is 1.09. The van der Waals surface area contributed by atoms with E-state index in [0.29, 0.717) is 19.3 Å². The molecule has 0 bridgehead atoms. The summed E-state index contributed by atoms with van der Waals surface area (Å²) in [4.78, 5) is 0. The van der Waals surface area contributed by atoms with Crippen molar-refractivity contribution >= 4 is 10.1 Å². The molecule has 0 heterocycles. The highest BCUT2D eigenvalue weighted by Gasteiger charge is 2.52. The highest BCUT2D eigenvalue weighted by molar-refractivity contribution is 7.87. The number of rotatable bonds is 3. The maximum Gasteiger partial charge on any atom is 0.270 e. The predicted molar refractivity (Wildman–Crippen MR) is 38.3 cm³/mol. The van der Waals surface area contributed by atoms with Crippen molar-refractivity contribution in [1.29, 1.82) is 0 Å². The van der Waals surface area contributed by atoms with Gasteiger partial charge in [0.1, 0.15) is 4.75 Å². The van der Waals surface area contributed by atoms with Crippen LogP contribution in [0.4, 0.5) is 0 Å². The molecule has 0 radical (unpaired) electrons. The predicted octanol–water partition coefficient (Wildman–Crippen LogP) is 0.983. The van der Waals surface area contributed by atoms with E-state index in [1.54, 1.807) is 0 Å². The zero-order chi connectivity index (χ0) is 7.83. The van der Waals surface area contributed by atoms with Crippen molar-refractivity contribution in [2.24, 2.45) is 0 Å². The van der Waals surface area contributed by atoms with Crippen LogP contribution in [0, 0.1) is 0 Å². The molecule has 0 saturated heterocycles. The Hall–Kier alpha value is -0.350. The second kappa shape index (κ2) is 2.07. The Morgan fingerprint density at radius 2 is 2.10 bits per heavy atom. The molecule has 1 rings (SSSR count). The van der Waals surface area contributed by atoms with Crippen LogP contribution in [-0.4, -0.2) is 17.7 Å². The molecule has 3 nitrogen and oxygen atoms in total. The fourth-order valence-corrected chi connectivity index (χ4v) is 1.92. The van der Waals surface area contributed by atoms with E-state index in [2.05, 4.69) is 6.58 Å². The van der Waals surface area contributed by atoms with Crippen LogP contribution < -0.4 is 0 Å². The first-order chi connectivity index (χ1) is 4.52. The van der Waals surface area contributed by atoms with E-state index in [0.717, 1.165) is 0 Å². The van der Waals surface area contributed by atoms with Gasteiger partial charge in [0.25, 0.3) is 10.1 Å². The van der Waals surface area contributed by atoms with Gasteiger partial charge in [-0.05, 0) is 19.3 Å². The van der Waals surface area contributed by atoms with Crippen molar-refractivity contribution in [2.45, 2.75) is 24.0 Å². The summed E-state index contributed by atoms with van der Waals surface area (Å²) >= 11 is 0. The first-order valence-corrected chi connectivity index (χ1v) is 4.54. The van der Waals surface area contributed by atoms with Crippen LogP contribution in [0.25, 0.3) is 0 Å². The lowest BCUT2D eigenvalue weighted by Gasteiger charge is -2.06. The average Bonchev–Trinajstić information content (AvgIpc) is 2.45. The molecule has 0 aromatic carbocycles. The Balaban J connectivity index is 2.80. The highest BCUT2D eigenvalue weighted by Crippen LogP contribution is 2.45. The normalized spacial score (nSPS) is 22.1. The van der Waals surface area contributed by atoms with E-state index < -0.39 is 14.9 Å². The van der Waals surface area contributed by atoms with E-state index in [1.165, 1.54) is 6.08 Å². The largest absolute Gasteiger partial charge is 0.285 e. The van der Waals surface area contributed by atoms with Gasteiger partial charge in [-0.2, -0.15) is 8.42 Å². The second-order valence-electron chi connectivity index (χ2n) is 2.65. The second-order valence-corrected chi connectivity index (χ2v) is 4.47. The van der Waals surface area contributed by atoms with Crippen LogP contribution in [0.15, 0.2) is 12.7 Å². The average molecular weight is 162 g/mol. The molecule has 0 atom stereocenters. The van der Waals surface area contributed by atoms with Crippen LogP contribution in [0.5, 0.6) is 0 Å². The van der Waals surface area contributed by atoms with Gasteiger partial charge < -0.3 is 0 Å². The monoisotopic (exact) mass is 162 g/mol. The van der Waals surface area contributed by atoms with Gasteiger partial charge in [-0.15, -0.1) is 6.58 Å². The zero-order valence-electron chi connectivity index (χ0n) is 5.58. The van der Waals surface area contributed by atoms with Crippen molar-refractivity contribution in [3.8, 4) is 0 Å². The Bertz CT molecular complexity index is 236. The van der Waals surface area contributed by atoms with Crippen molar-refractivity contribution < 1.29 is 13.0 Å². The molecule has 4 heteroatoms. The molecule has 0 spiro atoms. The summed E-state index contributed by atoms with van der Waals surface area (Å²) in [5, 5.41) is 0. The lowest BCUT2D eigenvalue weighted by Crippen LogP contribution is -2.20. The number of allylic oxidation sites excluding steroid dienone is 1. The van der Waals surface area contributed by atoms with Crippen molar-refractivity contribution in [3.05, 3.63) is 12.7 Å². The van der Waals surface area contributed by atoms with Gasteiger partial charge in [0.15, 0.2) is 0 Å². The molecule has 0 amide bonds. The Morgan fingerprint density at radius 1 is 1.60 bits per heavy atom. The van der Waals surface area contributed by atoms with Crippen molar-refractivity contribution in [2.75, 3.05) is 0 Å². The van der Waals surface area contributed by atoms with Gasteiger partial charge in [-0.3, -0.25) is 4.55 Å². The van der Waals surface area contributed by atoms with Crippen LogP contribution in [0.1, 0.15) is 19.3 Å². The minimum atomic E-state index is -3.82. The molecule has 0 aromatic rings. The molecule has 1 aliphatic carbocycles. The standard InChI is InChI=1S/C6H10O3S/c1-2-3-6(4-5-6)10(7,8)9/h2H,1,3-5H2,(H,7,8,9). The van der Waals surface area contributed by atoms with Gasteiger partial charge in [0.2, 0.25) is 0 Å². The summed E-state index contributed by atoms with van der Waals surface area (Å²) in [7, 11) is -3.82. The topological polar surface area (TPSA) is 54.4 Å². The Kier molecular flexibility index (Phi) is 1.60. The van der Waals surface area contributed by atoms with Crippen LogP contribution >= 0.6 is 0 Å². The third-order valence-electron chi connectivity index (χ3n) is 1.87. The summed E-state index contributed by atoms with van der Waals surface area (Å²) in [6.45, 7) is 3.42. The molecule has 1 saturated carbocycles. The minimum Gasteiger partial charge on any atom is -0.285 e. The van der Waals surface area contributed by atoms with Gasteiger partial charge in [0.05, 0.1) is 0 Å². The summed E-state index contributed by atoms with van der Waals surface area (Å²) in [6, 6.07) is 0. The summed E-state index contributed by atoms with van der Waals surface area (Å²) < 4.78 is 29.0. The zero-order valence-corrected chi connectivity index (χ0v) is 6.39. The quantitative estimate of drug-likeness (QED) is 0.497. The number of hydrogen-bond acceptors (Lipinski definition) is 2. The molecule has 1 fully saturated rings. The Morgan fingerprint density at radius 3 is 2.20 bits per heavy atom. The van der Waals surface area contributed by atoms with Crippen LogP contribution in [0.3, 0.4) is 0 Å². The van der Waals surface area contributed by atoms with Crippen molar-refractivity contribution in [1.82, 2.24) is 0 Å². The summed E-state index contributed by atoms with van der Waals surface area (Å²) in [5.74, 6) is 0. The fraction of sp³-hybridized carbons (Fsp3) is 0.667. The van der Waals surface area contributed by atoms with Crippen molar-refractivity contribution in [3.63, 3.8) is 0 Å². The fourth-order valence-electron chi connectivity index (χ4n) is 0.970. The lowest BCUT2D eigenvalue weighted by molar-refractivity contribution is 0.463. The van der Waals surface area contributed by atoms with E-state index in [4.69, 9.17) is 4.55 Å². The van der Waals surface area contributed by atoms with E-state index in [1.807, 2.05) is 0 Å². The number of hydrogen-bond donors (Lipinski definition) is 1. The molecule has 0 aliphatic heterocycles. The molecule has 1 aliphatic rings. The highest BCUT2D eigenvalue weighted by atomic mass is 32.2. The third-order valence-corrected chi connectivity index (χ3v) is 3.54. The first-order valence-electron chi connectivity index (χ1n) is 3.10. The first kappa shape index (κ1) is 7.75. The lowest BCUT2D eigenvalue weighted by atomic mass is 10.3. The Labute approximate surface area is 60.5 Å². The summed E-state index contributed by atoms with van der Waals surface area (Å²) in [6.07, 6.45) is 3.03. The maximum absolute atomic E-state index is 10.6. The molecule has 0 aromatic heterocycles. The molecular formula is C6H10O3S. The SMILES string of the molecule is C=CCC1(S(=O)(=O)O)CC1. The summed E-state index contributed by atoms with van der Waals surface area (Å²) in [5.41, 5.74) is 0. The van der Waals surface area contributed by atoms with E-state index in [9.17, 15) is 8.42 Å². The van der Waals surface area contributed by atoms with Gasteiger partial charge >= 0.3 is 0 Å². The van der Waals surface area contributed by atoms with Gasteiger partial charge in [-0.1, -0.05) is 6.08 Å². The minimum absolute atomic E-state index is 0.367. The smallest absolute Gasteiger partial charge is 0.270 e.